The fourth-order valence-electron chi connectivity index (χ4n) is 11.1. The lowest BCUT2D eigenvalue weighted by atomic mass is 9.78. The van der Waals surface area contributed by atoms with Crippen LogP contribution in [-0.2, 0) is 93.9 Å². The second kappa shape index (κ2) is 39.5. The summed E-state index contributed by atoms with van der Waals surface area (Å²) in [6.07, 6.45) is 4.56. The third-order valence-corrected chi connectivity index (χ3v) is 17.9. The van der Waals surface area contributed by atoms with Crippen molar-refractivity contribution in [3.8, 4) is 11.5 Å². The first-order chi connectivity index (χ1) is 48.6. The number of urea groups is 1. The van der Waals surface area contributed by atoms with Crippen molar-refractivity contribution in [3.63, 3.8) is 0 Å². The summed E-state index contributed by atoms with van der Waals surface area (Å²) in [6, 6.07) is 7.02. The van der Waals surface area contributed by atoms with Crippen molar-refractivity contribution in [1.82, 2.24) is 36.4 Å². The third kappa shape index (κ3) is 25.7. The van der Waals surface area contributed by atoms with E-state index in [2.05, 4.69) is 21.3 Å². The minimum Gasteiger partial charge on any atom is -0.508 e. The van der Waals surface area contributed by atoms with Crippen LogP contribution in [0.3, 0.4) is 0 Å². The number of fused-ring (bicyclic) bond motifs is 2. The van der Waals surface area contributed by atoms with Gasteiger partial charge in [0, 0.05) is 87.3 Å². The molecule has 39 heteroatoms. The van der Waals surface area contributed by atoms with Crippen molar-refractivity contribution in [2.24, 2.45) is 11.7 Å². The molecule has 36 nitrogen and oxygen atoms in total. The van der Waals surface area contributed by atoms with E-state index in [9.17, 15) is 110 Å². The predicted octanol–water partition coefficient (Wildman–Crippen LogP) is 1.58. The van der Waals surface area contributed by atoms with E-state index in [0.717, 1.165) is 12.1 Å². The van der Waals surface area contributed by atoms with E-state index < -0.39 is 151 Å². The van der Waals surface area contributed by atoms with Crippen LogP contribution in [0, 0.1) is 11.3 Å². The minimum atomic E-state index is -5.24. The van der Waals surface area contributed by atoms with Crippen molar-refractivity contribution in [3.05, 3.63) is 145 Å². The maximum absolute atomic E-state index is 13.3. The topological polar surface area (TPSA) is 585 Å². The number of aliphatic carboxylic acids is 5. The van der Waals surface area contributed by atoms with E-state index in [1.54, 1.807) is 24.3 Å². The highest BCUT2D eigenvalue weighted by atomic mass is 35.5. The number of ether oxygens (including phenoxy) is 3. The van der Waals surface area contributed by atoms with Crippen LogP contribution < -0.4 is 32.3 Å². The number of nitrogens with one attached hydrogen (secondary N) is 6. The van der Waals surface area contributed by atoms with E-state index in [-0.39, 0.29) is 169 Å². The Hall–Kier alpha value is -10.2. The number of hydrogen-bond acceptors (Lipinski definition) is 23. The number of benzene rings is 3. The Bertz CT molecular complexity index is 4160. The number of aromatic carboxylic acids is 1. The molecule has 6 rings (SSSR count). The molecular formula is C65H80ClN9O27S2. The summed E-state index contributed by atoms with van der Waals surface area (Å²) in [5, 5.41) is 99.7. The molecular weight excluding hydrogens is 1440 g/mol. The predicted molar refractivity (Wildman–Crippen MR) is 367 cm³/mol. The fourth-order valence-corrected chi connectivity index (χ4v) is 12.6. The summed E-state index contributed by atoms with van der Waals surface area (Å²) in [6.45, 7) is -0.864. The van der Waals surface area contributed by atoms with Gasteiger partial charge < -0.3 is 87.4 Å². The zero-order valence-electron chi connectivity index (χ0n) is 55.5. The van der Waals surface area contributed by atoms with Crippen LogP contribution in [0.15, 0.2) is 106 Å². The number of hydrogen-bond donors (Lipinski definition) is 17. The third-order valence-electron chi connectivity index (χ3n) is 16.0. The van der Waals surface area contributed by atoms with Crippen LogP contribution in [0.25, 0.3) is 5.57 Å². The van der Waals surface area contributed by atoms with E-state index >= 15 is 0 Å². The van der Waals surface area contributed by atoms with Gasteiger partial charge in [0.05, 0.1) is 62.8 Å². The number of nitrogens with zero attached hydrogens (tertiary/aromatic N) is 2. The SMILES string of the molecule is Cl.N=C1C=CC2=C(c3ccc(C(=O)NCCOCCOCCNC(=O)CCc4ccc(O)c(CN(CCN(CC(=O)O)Cc5cc(CCC(=O)NCCCC[C@H](NC(=O)N[C@@H](CCC(=O)O)C(=O)O)C(=O)O)ccc5O)CC(=O)O)c4)cc3C(=O)O)C3C=CC(N)C(S(=O)(=O)O)=C3OC2=C1S(=O)(=O)O. The van der Waals surface area contributed by atoms with Gasteiger partial charge in [-0.05, 0) is 97.2 Å². The molecule has 3 aromatic carbocycles. The lowest BCUT2D eigenvalue weighted by molar-refractivity contribution is -0.141. The Morgan fingerprint density at radius 2 is 1.14 bits per heavy atom. The highest BCUT2D eigenvalue weighted by Crippen LogP contribution is 2.49. The van der Waals surface area contributed by atoms with E-state index in [1.807, 2.05) is 5.32 Å². The molecule has 0 saturated carbocycles. The van der Waals surface area contributed by atoms with Gasteiger partial charge in [-0.3, -0.25) is 53.1 Å². The van der Waals surface area contributed by atoms with Gasteiger partial charge in [0.2, 0.25) is 11.8 Å². The number of amides is 5. The average Bonchev–Trinajstić information content (AvgIpc) is 0.722. The number of allylic oxidation sites excluding steroid dienone is 4. The summed E-state index contributed by atoms with van der Waals surface area (Å²) in [4.78, 5) is 123. The Labute approximate surface area is 600 Å². The van der Waals surface area contributed by atoms with Crippen LogP contribution in [0.1, 0.15) is 93.5 Å². The van der Waals surface area contributed by atoms with Crippen LogP contribution >= 0.6 is 12.4 Å². The fraction of sp³-hybridized carbons (Fsp3) is 0.400. The standard InChI is InChI=1S/C65H79N9O27S2.ClH/c66-45-12-10-42-56(43-11-13-46(67)60(103(96,97)98)58(43)101-57(42)59(45)102(93,94)95)41-9-8-38(31-44(41)62(86)87)61(85)70-22-26-100-28-27-99-25-21-69-52(78)18-7-37-5-16-50(76)40(30-37)33-74(35-55(83)84)24-23-73(34-54(81)82)32-39-29-36(4-15-49(39)75)6-17-51(77)68-20-2-1-3-47(63(88)89)71-65(92)72-48(64(90)91)14-19-53(79)80;/h4-5,8-13,15-16,29-31,42,45,47-48,67,75-76H,1-3,6-7,14,17-28,32-35,66H2,(H,68,77)(H,69,78)(H,70,85)(H,79,80)(H,81,82)(H,83,84)(H,86,87)(H,88,89)(H,90,91)(H2,71,72,92)(H,93,94,95)(H,96,97,98);1H/t42?,45?,47-,48-;/m0./s1. The molecule has 1 aliphatic heterocycles. The number of aryl methyl sites for hydroxylation is 2. The first-order valence-electron chi connectivity index (χ1n) is 31.8. The molecule has 0 fully saturated rings. The number of phenols is 2. The average molecular weight is 1520 g/mol. The Kier molecular flexibility index (Phi) is 32.1. The number of carboxylic acids is 6. The molecule has 0 spiro atoms. The largest absolute Gasteiger partial charge is 0.508 e. The number of aromatic hydroxyl groups is 2. The van der Waals surface area contributed by atoms with E-state index in [0.29, 0.717) is 28.7 Å². The number of carboxylic acid groups (broad SMARTS) is 6. The van der Waals surface area contributed by atoms with Crippen molar-refractivity contribution in [1.29, 1.82) is 5.41 Å². The number of phenolic OH excluding ortho intramolecular Hbond substituents is 2. The van der Waals surface area contributed by atoms with Crippen molar-refractivity contribution >= 4 is 103 Å². The lowest BCUT2D eigenvalue weighted by Crippen LogP contribution is -2.51. The molecule has 3 aliphatic rings. The van der Waals surface area contributed by atoms with E-state index in [4.69, 9.17) is 30.5 Å². The molecule has 0 bridgehead atoms. The Morgan fingerprint density at radius 1 is 0.615 bits per heavy atom. The summed E-state index contributed by atoms with van der Waals surface area (Å²) in [5.74, 6) is -12.7. The van der Waals surface area contributed by atoms with Crippen molar-refractivity contribution in [2.45, 2.75) is 89.0 Å². The maximum atomic E-state index is 13.3. The van der Waals surface area contributed by atoms with Gasteiger partial charge in [-0.25, -0.2) is 19.2 Å². The van der Waals surface area contributed by atoms with Crippen LogP contribution in [0.4, 0.5) is 4.79 Å². The van der Waals surface area contributed by atoms with Crippen molar-refractivity contribution in [2.75, 3.05) is 72.2 Å². The zero-order chi connectivity index (χ0) is 75.9. The second-order valence-electron chi connectivity index (χ2n) is 23.6. The summed E-state index contributed by atoms with van der Waals surface area (Å²) in [5.41, 5.74) is 6.00. The molecule has 2 aliphatic carbocycles. The van der Waals surface area contributed by atoms with Gasteiger partial charge in [0.1, 0.15) is 34.2 Å². The Morgan fingerprint density at radius 3 is 1.64 bits per heavy atom. The van der Waals surface area contributed by atoms with Crippen LogP contribution in [-0.4, -0.2) is 232 Å². The summed E-state index contributed by atoms with van der Waals surface area (Å²) >= 11 is 0. The van der Waals surface area contributed by atoms with Crippen LogP contribution in [0.5, 0.6) is 11.5 Å². The lowest BCUT2D eigenvalue weighted by Gasteiger charge is -2.36. The van der Waals surface area contributed by atoms with Gasteiger partial charge in [-0.2, -0.15) is 16.8 Å². The molecule has 3 aromatic rings. The smallest absolute Gasteiger partial charge is 0.336 e. The van der Waals surface area contributed by atoms with Gasteiger partial charge in [-0.15, -0.1) is 12.4 Å². The molecule has 2 unspecified atom stereocenters. The number of rotatable bonds is 43. The molecule has 5 amide bonds. The van der Waals surface area contributed by atoms with Gasteiger partial charge >= 0.3 is 41.8 Å². The minimum absolute atomic E-state index is 0. The molecule has 0 radical (unpaired) electrons. The molecule has 104 heavy (non-hydrogen) atoms. The highest BCUT2D eigenvalue weighted by molar-refractivity contribution is 7.91. The Balaban J connectivity index is 0.0000194. The number of carbonyl (C=O) groups excluding carboxylic acids is 4. The molecule has 0 saturated heterocycles. The maximum Gasteiger partial charge on any atom is 0.336 e. The molecule has 1 heterocycles. The first kappa shape index (κ1) is 84.5. The number of unbranched alkanes of at least 4 members (excludes halogenated alkanes) is 1. The second-order valence-corrected chi connectivity index (χ2v) is 26.4. The van der Waals surface area contributed by atoms with Gasteiger partial charge in [0.25, 0.3) is 26.1 Å². The number of carbonyl (C=O) groups is 10. The van der Waals surface area contributed by atoms with Gasteiger partial charge in [0.15, 0.2) is 10.7 Å². The van der Waals surface area contributed by atoms with Gasteiger partial charge in [-0.1, -0.05) is 42.5 Å². The number of nitrogens with two attached hydrogens (primary N) is 1. The molecule has 4 atom stereocenters. The summed E-state index contributed by atoms with van der Waals surface area (Å²) in [7, 11) is -10.4. The van der Waals surface area contributed by atoms with Crippen LogP contribution in [0.2, 0.25) is 0 Å². The molecule has 566 valence electrons. The number of halogens is 1. The molecule has 18 N–H and O–H groups in total. The highest BCUT2D eigenvalue weighted by Gasteiger charge is 2.44. The van der Waals surface area contributed by atoms with Crippen molar-refractivity contribution < 1.29 is 129 Å². The normalized spacial score (nSPS) is 15.4. The quantitative estimate of drug-likeness (QED) is 0.0217. The monoisotopic (exact) mass is 1520 g/mol. The first-order valence-corrected chi connectivity index (χ1v) is 34.6. The zero-order valence-corrected chi connectivity index (χ0v) is 57.9. The van der Waals surface area contributed by atoms with E-state index in [1.165, 1.54) is 52.3 Å². The molecule has 0 aromatic heterocycles. The summed E-state index contributed by atoms with van der Waals surface area (Å²) < 4.78 is 87.3.